The van der Waals surface area contributed by atoms with Crippen LogP contribution in [0, 0.1) is 24.8 Å². The molecule has 8 nitrogen and oxygen atoms in total. The van der Waals surface area contributed by atoms with Gasteiger partial charge in [-0.25, -0.2) is 9.64 Å². The molecule has 0 N–H and O–H groups in total. The fourth-order valence-electron chi connectivity index (χ4n) is 2.77. The Morgan fingerprint density at radius 2 is 1.74 bits per heavy atom. The first kappa shape index (κ1) is 27.0. The van der Waals surface area contributed by atoms with E-state index < -0.39 is 5.97 Å². The van der Waals surface area contributed by atoms with E-state index >= 15 is 0 Å². The Balaban J connectivity index is 2.14. The minimum atomic E-state index is -0.436. The van der Waals surface area contributed by atoms with E-state index in [1.165, 1.54) is 0 Å². The van der Waals surface area contributed by atoms with Gasteiger partial charge in [-0.05, 0) is 56.2 Å². The van der Waals surface area contributed by atoms with E-state index in [4.69, 9.17) is 16.0 Å². The highest BCUT2D eigenvalue weighted by molar-refractivity contribution is 7.20. The van der Waals surface area contributed by atoms with Gasteiger partial charge in [0.1, 0.15) is 30.0 Å². The number of carbonyl (C=O) groups excluding carboxylic acids is 1. The molecule has 0 aliphatic heterocycles. The summed E-state index contributed by atoms with van der Waals surface area (Å²) in [6.45, 7) is 25.1. The zero-order valence-electron chi connectivity index (χ0n) is 20.1. The highest BCUT2D eigenvalue weighted by Gasteiger charge is 2.14. The first-order valence-corrected chi connectivity index (χ1v) is 11.5. The van der Waals surface area contributed by atoms with Crippen LogP contribution in [0.4, 0.5) is 21.4 Å². The third-order valence-electron chi connectivity index (χ3n) is 4.84. The molecule has 0 radical (unpaired) electrons. The van der Waals surface area contributed by atoms with Gasteiger partial charge in [0.25, 0.3) is 0 Å². The van der Waals surface area contributed by atoms with Gasteiger partial charge >= 0.3 is 5.97 Å². The number of thiophene rings is 1. The fraction of sp³-hybridized carbons (Fsp3) is 0.269. The number of benzene rings is 1. The number of ether oxygens (including phenoxy) is 2. The Labute approximate surface area is 209 Å². The maximum atomic E-state index is 11.7. The number of rotatable bonds is 12. The van der Waals surface area contributed by atoms with E-state index in [-0.39, 0.29) is 6.61 Å². The van der Waals surface area contributed by atoms with Crippen molar-refractivity contribution in [2.45, 2.75) is 20.8 Å². The summed E-state index contributed by atoms with van der Waals surface area (Å²) in [5, 5.41) is 18.6. The second kappa shape index (κ2) is 12.9. The molecule has 1 aromatic heterocycles. The van der Waals surface area contributed by atoms with Crippen LogP contribution in [0.1, 0.15) is 25.0 Å². The molecule has 180 valence electrons. The quantitative estimate of drug-likeness (QED) is 0.0805. The normalized spacial score (nSPS) is 10.3. The highest BCUT2D eigenvalue weighted by Crippen LogP contribution is 2.41. The largest absolute Gasteiger partial charge is 0.492 e. The molecular weight excluding hydrogens is 462 g/mol. The van der Waals surface area contributed by atoms with E-state index in [1.807, 2.05) is 24.0 Å². The first-order chi connectivity index (χ1) is 16.7. The van der Waals surface area contributed by atoms with Crippen LogP contribution in [0.15, 0.2) is 71.1 Å². The Hall–Kier alpha value is -4.21. The van der Waals surface area contributed by atoms with Crippen molar-refractivity contribution in [3.05, 3.63) is 83.5 Å². The SMILES string of the molecule is [C-]#[N+]c1sc(N=Nc2ccc(N(CCOC(=C)C(=C)C)CCOC(=O)C(=C)C)cc2)c(C#N)c1C. The van der Waals surface area contributed by atoms with Crippen molar-refractivity contribution < 1.29 is 14.3 Å². The summed E-state index contributed by atoms with van der Waals surface area (Å²) in [6, 6.07) is 9.42. The van der Waals surface area contributed by atoms with Crippen LogP contribution in [0.25, 0.3) is 4.85 Å². The van der Waals surface area contributed by atoms with Crippen molar-refractivity contribution in [3.63, 3.8) is 0 Å². The average Bonchev–Trinajstić information content (AvgIpc) is 3.15. The van der Waals surface area contributed by atoms with Gasteiger partial charge in [-0.3, -0.25) is 0 Å². The van der Waals surface area contributed by atoms with Crippen molar-refractivity contribution >= 4 is 38.7 Å². The standard InChI is InChI=1S/C26H27N5O3S/c1-17(2)20(6)33-14-12-31(13-15-34-26(32)18(3)4)22-10-8-21(9-11-22)29-30-25-23(16-27)19(5)24(28-7)35-25/h8-11H,1,3,6,12-15H2,2,4-5H3. The van der Waals surface area contributed by atoms with Crippen molar-refractivity contribution in [1.29, 1.82) is 5.26 Å². The van der Waals surface area contributed by atoms with Crippen LogP contribution in [-0.2, 0) is 14.3 Å². The van der Waals surface area contributed by atoms with E-state index in [0.717, 1.165) is 22.6 Å². The number of allylic oxidation sites excluding steroid dienone is 1. The van der Waals surface area contributed by atoms with Gasteiger partial charge in [0, 0.05) is 11.3 Å². The number of esters is 1. The Morgan fingerprint density at radius 3 is 2.29 bits per heavy atom. The number of hydrogen-bond acceptors (Lipinski definition) is 8. The molecule has 0 amide bonds. The van der Waals surface area contributed by atoms with Crippen molar-refractivity contribution in [2.24, 2.45) is 10.2 Å². The van der Waals surface area contributed by atoms with Crippen LogP contribution in [0.2, 0.25) is 0 Å². The third-order valence-corrected chi connectivity index (χ3v) is 5.91. The summed E-state index contributed by atoms with van der Waals surface area (Å²) < 4.78 is 10.9. The average molecular weight is 490 g/mol. The maximum absolute atomic E-state index is 11.7. The van der Waals surface area contributed by atoms with Crippen molar-refractivity contribution in [3.8, 4) is 6.07 Å². The Morgan fingerprint density at radius 1 is 1.11 bits per heavy atom. The lowest BCUT2D eigenvalue weighted by molar-refractivity contribution is -0.138. The van der Waals surface area contributed by atoms with Gasteiger partial charge in [-0.2, -0.15) is 5.26 Å². The molecule has 0 saturated heterocycles. The number of azo groups is 1. The molecule has 0 saturated carbocycles. The molecule has 0 bridgehead atoms. The van der Waals surface area contributed by atoms with Crippen LogP contribution in [0.5, 0.6) is 0 Å². The molecule has 0 aliphatic carbocycles. The van der Waals surface area contributed by atoms with Crippen LogP contribution in [0.3, 0.4) is 0 Å². The minimum Gasteiger partial charge on any atom is -0.492 e. The second-order valence-corrected chi connectivity index (χ2v) is 8.59. The zero-order chi connectivity index (χ0) is 26.0. The van der Waals surface area contributed by atoms with E-state index in [2.05, 4.69) is 40.9 Å². The van der Waals surface area contributed by atoms with Gasteiger partial charge < -0.3 is 14.4 Å². The lowest BCUT2D eigenvalue weighted by Crippen LogP contribution is -2.31. The summed E-state index contributed by atoms with van der Waals surface area (Å²) in [4.78, 5) is 17.2. The summed E-state index contributed by atoms with van der Waals surface area (Å²) in [7, 11) is 0. The molecule has 0 atom stereocenters. The smallest absolute Gasteiger partial charge is 0.333 e. The lowest BCUT2D eigenvalue weighted by Gasteiger charge is -2.25. The number of anilines is 1. The number of hydrogen-bond donors (Lipinski definition) is 0. The van der Waals surface area contributed by atoms with Crippen LogP contribution >= 0.6 is 11.3 Å². The predicted molar refractivity (Wildman–Crippen MR) is 139 cm³/mol. The molecule has 1 heterocycles. The van der Waals surface area contributed by atoms with Gasteiger partial charge in [0.2, 0.25) is 5.00 Å². The van der Waals surface area contributed by atoms with Crippen molar-refractivity contribution in [1.82, 2.24) is 0 Å². The second-order valence-electron chi connectivity index (χ2n) is 7.61. The maximum Gasteiger partial charge on any atom is 0.333 e. The fourth-order valence-corrected chi connectivity index (χ4v) is 3.64. The molecule has 0 unspecified atom stereocenters. The molecule has 9 heteroatoms. The van der Waals surface area contributed by atoms with E-state index in [1.54, 1.807) is 26.0 Å². The first-order valence-electron chi connectivity index (χ1n) is 10.7. The van der Waals surface area contributed by atoms with Gasteiger partial charge in [0.15, 0.2) is 0 Å². The Kier molecular flexibility index (Phi) is 9.95. The van der Waals surface area contributed by atoms with Crippen LogP contribution in [-0.4, -0.2) is 32.3 Å². The molecule has 0 fully saturated rings. The lowest BCUT2D eigenvalue weighted by atomic mass is 10.2. The molecule has 0 aliphatic rings. The molecule has 2 rings (SSSR count). The summed E-state index contributed by atoms with van der Waals surface area (Å²) in [5.41, 5.74) is 3.56. The topological polar surface area (TPSA) is 91.6 Å². The van der Waals surface area contributed by atoms with E-state index in [0.29, 0.717) is 57.8 Å². The summed E-state index contributed by atoms with van der Waals surface area (Å²) >= 11 is 1.14. The summed E-state index contributed by atoms with van der Waals surface area (Å²) in [6.07, 6.45) is 0. The highest BCUT2D eigenvalue weighted by atomic mass is 32.1. The number of nitrogens with zero attached hydrogens (tertiary/aromatic N) is 5. The zero-order valence-corrected chi connectivity index (χ0v) is 20.9. The number of nitriles is 1. The summed E-state index contributed by atoms with van der Waals surface area (Å²) in [5.74, 6) is 0.0888. The molecule has 2 aromatic rings. The monoisotopic (exact) mass is 489 g/mol. The minimum absolute atomic E-state index is 0.187. The van der Waals surface area contributed by atoms with E-state index in [9.17, 15) is 10.1 Å². The van der Waals surface area contributed by atoms with Gasteiger partial charge in [-0.15, -0.1) is 21.6 Å². The third kappa shape index (κ3) is 7.66. The molecular formula is C26H27N5O3S. The molecule has 1 aromatic carbocycles. The van der Waals surface area contributed by atoms with Gasteiger partial charge in [0.05, 0.1) is 30.9 Å². The van der Waals surface area contributed by atoms with Gasteiger partial charge in [-0.1, -0.05) is 19.7 Å². The molecule has 35 heavy (non-hydrogen) atoms. The Bertz CT molecular complexity index is 1200. The van der Waals surface area contributed by atoms with Crippen molar-refractivity contribution in [2.75, 3.05) is 31.2 Å². The number of carbonyl (C=O) groups is 1. The molecule has 0 spiro atoms. The van der Waals surface area contributed by atoms with Crippen LogP contribution < -0.4 is 4.90 Å². The predicted octanol–water partition coefficient (Wildman–Crippen LogP) is 6.93.